The molecule has 18 heavy (non-hydrogen) atoms. The molecule has 6 nitrogen and oxygen atoms in total. The van der Waals surface area contributed by atoms with Crippen molar-refractivity contribution in [3.8, 4) is 0 Å². The summed E-state index contributed by atoms with van der Waals surface area (Å²) in [6.45, 7) is 0. The Morgan fingerprint density at radius 3 is 2.89 bits per heavy atom. The molecule has 2 heterocycles. The lowest BCUT2D eigenvalue weighted by Crippen LogP contribution is -1.97. The van der Waals surface area contributed by atoms with Crippen LogP contribution in [0, 0.1) is 0 Å². The number of nitrogens with zero attached hydrogens (tertiary/aromatic N) is 4. The van der Waals surface area contributed by atoms with Gasteiger partial charge >= 0.3 is 0 Å². The summed E-state index contributed by atoms with van der Waals surface area (Å²) in [4.78, 5) is 8.04. The fourth-order valence-electron chi connectivity index (χ4n) is 1.51. The number of aromatic amines is 1. The number of benzene rings is 1. The predicted octanol–water partition coefficient (Wildman–Crippen LogP) is 2.80. The van der Waals surface area contributed by atoms with Gasteiger partial charge in [0, 0.05) is 10.7 Å². The third kappa shape index (κ3) is 2.07. The van der Waals surface area contributed by atoms with Crippen LogP contribution in [0.25, 0.3) is 11.2 Å². The smallest absolute Gasteiger partial charge is 0.226 e. The van der Waals surface area contributed by atoms with Crippen LogP contribution >= 0.6 is 23.2 Å². The highest BCUT2D eigenvalue weighted by molar-refractivity contribution is 6.30. The van der Waals surface area contributed by atoms with E-state index in [1.807, 2.05) is 12.1 Å². The monoisotopic (exact) mass is 280 g/mol. The zero-order valence-electron chi connectivity index (χ0n) is 8.85. The Morgan fingerprint density at radius 1 is 1.17 bits per heavy atom. The van der Waals surface area contributed by atoms with Crippen molar-refractivity contribution in [2.45, 2.75) is 0 Å². The Kier molecular flexibility index (Phi) is 2.73. The Labute approximate surface area is 111 Å². The minimum atomic E-state index is 0.109. The molecule has 0 aliphatic carbocycles. The van der Waals surface area contributed by atoms with Crippen LogP contribution in [0.15, 0.2) is 24.3 Å². The number of hydrogen-bond donors (Lipinski definition) is 2. The summed E-state index contributed by atoms with van der Waals surface area (Å²) in [5.41, 5.74) is 1.76. The highest BCUT2D eigenvalue weighted by Crippen LogP contribution is 2.23. The molecule has 3 rings (SSSR count). The minimum absolute atomic E-state index is 0.109. The summed E-state index contributed by atoms with van der Waals surface area (Å²) >= 11 is 11.7. The van der Waals surface area contributed by atoms with Crippen molar-refractivity contribution in [3.63, 3.8) is 0 Å². The second kappa shape index (κ2) is 4.40. The van der Waals surface area contributed by atoms with E-state index in [2.05, 4.69) is 30.7 Å². The van der Waals surface area contributed by atoms with E-state index < -0.39 is 0 Å². The number of halogens is 2. The summed E-state index contributed by atoms with van der Waals surface area (Å²) in [6.07, 6.45) is 0. The molecule has 8 heteroatoms. The van der Waals surface area contributed by atoms with Gasteiger partial charge < -0.3 is 5.32 Å². The van der Waals surface area contributed by atoms with Gasteiger partial charge in [-0.15, -0.1) is 5.10 Å². The van der Waals surface area contributed by atoms with Crippen molar-refractivity contribution >= 4 is 45.9 Å². The first-order chi connectivity index (χ1) is 8.72. The van der Waals surface area contributed by atoms with Crippen molar-refractivity contribution < 1.29 is 0 Å². The first-order valence-electron chi connectivity index (χ1n) is 4.99. The molecule has 3 aromatic rings. The van der Waals surface area contributed by atoms with Crippen molar-refractivity contribution in [1.29, 1.82) is 0 Å². The van der Waals surface area contributed by atoms with Crippen molar-refractivity contribution in [3.05, 3.63) is 34.6 Å². The maximum Gasteiger partial charge on any atom is 0.226 e. The van der Waals surface area contributed by atoms with Crippen LogP contribution in [0.1, 0.15) is 0 Å². The van der Waals surface area contributed by atoms with Gasteiger partial charge in [-0.05, 0) is 29.8 Å². The van der Waals surface area contributed by atoms with E-state index in [0.29, 0.717) is 22.0 Å². The molecular weight excluding hydrogens is 275 g/mol. The number of rotatable bonds is 2. The molecule has 0 spiro atoms. The second-order valence-corrected chi connectivity index (χ2v) is 4.26. The first-order valence-corrected chi connectivity index (χ1v) is 5.75. The van der Waals surface area contributed by atoms with Gasteiger partial charge in [0.2, 0.25) is 5.28 Å². The standard InChI is InChI=1S/C10H6Cl2N6/c11-5-2-1-3-6(4-5)13-8-7-9(17-18-16-7)15-10(12)14-8/h1-4H,(H2,13,14,15,16,17,18). The first kappa shape index (κ1) is 11.2. The van der Waals surface area contributed by atoms with Crippen molar-refractivity contribution in [2.75, 3.05) is 5.32 Å². The zero-order chi connectivity index (χ0) is 12.5. The van der Waals surface area contributed by atoms with Gasteiger partial charge in [0.1, 0.15) is 0 Å². The summed E-state index contributed by atoms with van der Waals surface area (Å²) in [6, 6.07) is 7.23. The highest BCUT2D eigenvalue weighted by Gasteiger charge is 2.10. The van der Waals surface area contributed by atoms with Crippen LogP contribution in [-0.2, 0) is 0 Å². The molecule has 0 amide bonds. The van der Waals surface area contributed by atoms with E-state index in [1.165, 1.54) is 0 Å². The lowest BCUT2D eigenvalue weighted by Gasteiger charge is -2.05. The van der Waals surface area contributed by atoms with Crippen LogP contribution in [0.3, 0.4) is 0 Å². The molecule has 0 bridgehead atoms. The highest BCUT2D eigenvalue weighted by atomic mass is 35.5. The van der Waals surface area contributed by atoms with Crippen LogP contribution < -0.4 is 5.32 Å². The molecule has 0 saturated heterocycles. The number of hydrogen-bond acceptors (Lipinski definition) is 5. The number of aromatic nitrogens is 5. The number of fused-ring (bicyclic) bond motifs is 1. The fraction of sp³-hybridized carbons (Fsp3) is 0. The van der Waals surface area contributed by atoms with Crippen LogP contribution in [0.5, 0.6) is 0 Å². The summed E-state index contributed by atoms with van der Waals surface area (Å²) < 4.78 is 0. The number of anilines is 2. The molecule has 90 valence electrons. The van der Waals surface area contributed by atoms with E-state index in [1.54, 1.807) is 12.1 Å². The third-order valence-corrected chi connectivity index (χ3v) is 2.65. The Bertz CT molecular complexity index is 710. The lowest BCUT2D eigenvalue weighted by atomic mass is 10.3. The fourth-order valence-corrected chi connectivity index (χ4v) is 1.87. The number of H-pyrrole nitrogens is 1. The molecular formula is C10H6Cl2N6. The molecule has 2 aromatic heterocycles. The average molecular weight is 281 g/mol. The van der Waals surface area contributed by atoms with Gasteiger partial charge in [-0.3, -0.25) is 0 Å². The van der Waals surface area contributed by atoms with Gasteiger partial charge in [0.15, 0.2) is 17.0 Å². The third-order valence-electron chi connectivity index (χ3n) is 2.25. The maximum absolute atomic E-state index is 5.91. The normalized spacial score (nSPS) is 10.8. The van der Waals surface area contributed by atoms with E-state index in [-0.39, 0.29) is 5.28 Å². The summed E-state index contributed by atoms with van der Waals surface area (Å²) in [5.74, 6) is 0.473. The average Bonchev–Trinajstić information content (AvgIpc) is 2.77. The molecule has 0 fully saturated rings. The molecule has 0 radical (unpaired) electrons. The Balaban J connectivity index is 2.06. The molecule has 0 unspecified atom stereocenters. The minimum Gasteiger partial charge on any atom is -0.338 e. The Morgan fingerprint density at radius 2 is 2.06 bits per heavy atom. The topological polar surface area (TPSA) is 79.4 Å². The molecule has 0 saturated carbocycles. The van der Waals surface area contributed by atoms with Crippen LogP contribution in [0.4, 0.5) is 11.5 Å². The Hall–Kier alpha value is -1.92. The van der Waals surface area contributed by atoms with Gasteiger partial charge in [-0.25, -0.2) is 5.10 Å². The zero-order valence-corrected chi connectivity index (χ0v) is 10.4. The molecule has 0 aliphatic rings. The summed E-state index contributed by atoms with van der Waals surface area (Å²) in [7, 11) is 0. The van der Waals surface area contributed by atoms with Crippen molar-refractivity contribution in [1.82, 2.24) is 25.4 Å². The van der Waals surface area contributed by atoms with Crippen LogP contribution in [-0.4, -0.2) is 25.4 Å². The van der Waals surface area contributed by atoms with Gasteiger partial charge in [-0.2, -0.15) is 9.97 Å². The predicted molar refractivity (Wildman–Crippen MR) is 69.2 cm³/mol. The quantitative estimate of drug-likeness (QED) is 0.706. The second-order valence-electron chi connectivity index (χ2n) is 3.49. The molecule has 0 atom stereocenters. The van der Waals surface area contributed by atoms with E-state index in [9.17, 15) is 0 Å². The van der Waals surface area contributed by atoms with E-state index >= 15 is 0 Å². The number of nitrogens with one attached hydrogen (secondary N) is 2. The molecule has 2 N–H and O–H groups in total. The van der Waals surface area contributed by atoms with E-state index in [0.717, 1.165) is 5.69 Å². The lowest BCUT2D eigenvalue weighted by molar-refractivity contribution is 0.954. The summed E-state index contributed by atoms with van der Waals surface area (Å²) in [5, 5.41) is 14.0. The van der Waals surface area contributed by atoms with E-state index in [4.69, 9.17) is 23.2 Å². The van der Waals surface area contributed by atoms with Crippen molar-refractivity contribution in [2.24, 2.45) is 0 Å². The largest absolute Gasteiger partial charge is 0.338 e. The van der Waals surface area contributed by atoms with Crippen LogP contribution in [0.2, 0.25) is 10.3 Å². The van der Waals surface area contributed by atoms with Gasteiger partial charge in [-0.1, -0.05) is 22.9 Å². The SMILES string of the molecule is Clc1cccc(Nc2nc(Cl)nc3[nH]nnc23)c1. The van der Waals surface area contributed by atoms with Gasteiger partial charge in [0.05, 0.1) is 0 Å². The van der Waals surface area contributed by atoms with Gasteiger partial charge in [0.25, 0.3) is 0 Å². The maximum atomic E-state index is 5.91. The molecule has 1 aromatic carbocycles. The molecule has 0 aliphatic heterocycles.